The highest BCUT2D eigenvalue weighted by molar-refractivity contribution is 5.74. The maximum Gasteiger partial charge on any atom is 0.321 e. The zero-order valence-corrected chi connectivity index (χ0v) is 12.9. The van der Waals surface area contributed by atoms with E-state index in [0.717, 1.165) is 18.3 Å². The first kappa shape index (κ1) is 16.6. The third-order valence-electron chi connectivity index (χ3n) is 4.67. The van der Waals surface area contributed by atoms with E-state index in [1.54, 1.807) is 12.1 Å². The summed E-state index contributed by atoms with van der Waals surface area (Å²) in [6.07, 6.45) is 1.62. The van der Waals surface area contributed by atoms with Crippen molar-refractivity contribution < 1.29 is 19.1 Å². The normalized spacial score (nSPS) is 24.9. The number of nitrogens with zero attached hydrogens (tertiary/aromatic N) is 1. The number of aldehydes is 1. The molecule has 1 fully saturated rings. The summed E-state index contributed by atoms with van der Waals surface area (Å²) in [5, 5.41) is 9.51. The largest absolute Gasteiger partial charge is 0.480 e. The minimum Gasteiger partial charge on any atom is -0.480 e. The van der Waals surface area contributed by atoms with E-state index in [2.05, 4.69) is 0 Å². The quantitative estimate of drug-likeness (QED) is 0.821. The number of halogens is 1. The van der Waals surface area contributed by atoms with Gasteiger partial charge in [0.1, 0.15) is 18.1 Å². The molecule has 1 aromatic rings. The molecule has 0 amide bonds. The van der Waals surface area contributed by atoms with Gasteiger partial charge in [0.05, 0.1) is 0 Å². The molecule has 22 heavy (non-hydrogen) atoms. The lowest BCUT2D eigenvalue weighted by Crippen LogP contribution is -2.44. The van der Waals surface area contributed by atoms with Crippen molar-refractivity contribution in [3.05, 3.63) is 35.6 Å². The minimum atomic E-state index is -0.862. The smallest absolute Gasteiger partial charge is 0.321 e. The number of hydrogen-bond acceptors (Lipinski definition) is 3. The summed E-state index contributed by atoms with van der Waals surface area (Å²) in [6.45, 7) is 4.74. The Balaban J connectivity index is 2.25. The molecule has 0 aromatic heterocycles. The third kappa shape index (κ3) is 3.35. The van der Waals surface area contributed by atoms with Crippen LogP contribution in [0.15, 0.2) is 24.3 Å². The molecule has 2 rings (SSSR count). The van der Waals surface area contributed by atoms with Crippen molar-refractivity contribution in [1.82, 2.24) is 4.90 Å². The van der Waals surface area contributed by atoms with Gasteiger partial charge in [-0.25, -0.2) is 4.39 Å². The van der Waals surface area contributed by atoms with Crippen LogP contribution in [0.2, 0.25) is 0 Å². The Hall–Kier alpha value is -1.75. The van der Waals surface area contributed by atoms with Crippen molar-refractivity contribution in [3.8, 4) is 0 Å². The molecule has 4 atom stereocenters. The van der Waals surface area contributed by atoms with Gasteiger partial charge >= 0.3 is 5.97 Å². The standard InChI is InChI=1S/C17H22FNO3/c1-3-11(2)16(17(21)22)19-8-13(10-20)15(9-19)12-5-4-6-14(18)7-12/h4-7,10-11,13,15-16H,3,8-9H2,1-2H3,(H,21,22). The molecular formula is C17H22FNO3. The lowest BCUT2D eigenvalue weighted by molar-refractivity contribution is -0.145. The van der Waals surface area contributed by atoms with Gasteiger partial charge in [-0.3, -0.25) is 9.69 Å². The summed E-state index contributed by atoms with van der Waals surface area (Å²) < 4.78 is 13.4. The molecule has 0 radical (unpaired) electrons. The number of carboxylic acids is 1. The maximum atomic E-state index is 13.4. The number of carbonyl (C=O) groups excluding carboxylic acids is 1. The number of rotatable bonds is 6. The first-order chi connectivity index (χ1) is 10.5. The van der Waals surface area contributed by atoms with Crippen molar-refractivity contribution in [3.63, 3.8) is 0 Å². The fraction of sp³-hybridized carbons (Fsp3) is 0.529. The van der Waals surface area contributed by atoms with Crippen LogP contribution >= 0.6 is 0 Å². The van der Waals surface area contributed by atoms with Gasteiger partial charge in [-0.15, -0.1) is 0 Å². The second kappa shape index (κ2) is 7.01. The summed E-state index contributed by atoms with van der Waals surface area (Å²) in [7, 11) is 0. The molecule has 1 aliphatic rings. The monoisotopic (exact) mass is 307 g/mol. The molecule has 0 saturated carbocycles. The Morgan fingerprint density at radius 1 is 1.50 bits per heavy atom. The van der Waals surface area contributed by atoms with Crippen molar-refractivity contribution in [1.29, 1.82) is 0 Å². The number of hydrogen-bond donors (Lipinski definition) is 1. The predicted octanol–water partition coefficient (Wildman–Crippen LogP) is 2.54. The van der Waals surface area contributed by atoms with Crippen molar-refractivity contribution >= 4 is 12.3 Å². The maximum absolute atomic E-state index is 13.4. The highest BCUT2D eigenvalue weighted by Gasteiger charge is 2.40. The Morgan fingerprint density at radius 3 is 2.77 bits per heavy atom. The second-order valence-corrected chi connectivity index (χ2v) is 6.08. The SMILES string of the molecule is CCC(C)C(C(=O)O)N1CC(C=O)C(c2cccc(F)c2)C1. The fourth-order valence-corrected chi connectivity index (χ4v) is 3.30. The molecule has 1 saturated heterocycles. The predicted molar refractivity (Wildman–Crippen MR) is 81.1 cm³/mol. The lowest BCUT2D eigenvalue weighted by Gasteiger charge is -2.28. The average Bonchev–Trinajstić information content (AvgIpc) is 2.90. The van der Waals surface area contributed by atoms with E-state index in [1.807, 2.05) is 18.7 Å². The van der Waals surface area contributed by atoms with Crippen molar-refractivity contribution in [2.24, 2.45) is 11.8 Å². The molecule has 0 spiro atoms. The van der Waals surface area contributed by atoms with E-state index in [1.165, 1.54) is 12.1 Å². The Labute approximate surface area is 129 Å². The van der Waals surface area contributed by atoms with Crippen LogP contribution in [0.1, 0.15) is 31.7 Å². The van der Waals surface area contributed by atoms with Gasteiger partial charge in [-0.2, -0.15) is 0 Å². The highest BCUT2D eigenvalue weighted by Crippen LogP contribution is 2.34. The number of aliphatic carboxylic acids is 1. The van der Waals surface area contributed by atoms with Crippen molar-refractivity contribution in [2.45, 2.75) is 32.2 Å². The minimum absolute atomic E-state index is 0.00365. The molecule has 4 nitrogen and oxygen atoms in total. The Morgan fingerprint density at radius 2 is 2.23 bits per heavy atom. The van der Waals surface area contributed by atoms with Crippen LogP contribution in [0.4, 0.5) is 4.39 Å². The summed E-state index contributed by atoms with van der Waals surface area (Å²) >= 11 is 0. The zero-order chi connectivity index (χ0) is 16.3. The molecule has 120 valence electrons. The molecule has 0 bridgehead atoms. The summed E-state index contributed by atoms with van der Waals surface area (Å²) in [4.78, 5) is 24.8. The van der Waals surface area contributed by atoms with Crippen LogP contribution < -0.4 is 0 Å². The lowest BCUT2D eigenvalue weighted by atomic mass is 9.90. The molecule has 4 unspecified atom stereocenters. The third-order valence-corrected chi connectivity index (χ3v) is 4.67. The van der Waals surface area contributed by atoms with Crippen LogP contribution in [0.25, 0.3) is 0 Å². The number of carbonyl (C=O) groups is 2. The van der Waals surface area contributed by atoms with Crippen LogP contribution in [-0.2, 0) is 9.59 Å². The molecule has 5 heteroatoms. The van der Waals surface area contributed by atoms with Gasteiger partial charge in [0.15, 0.2) is 0 Å². The van der Waals surface area contributed by atoms with Gasteiger partial charge < -0.3 is 9.90 Å². The van der Waals surface area contributed by atoms with Crippen LogP contribution in [0.5, 0.6) is 0 Å². The first-order valence-electron chi connectivity index (χ1n) is 7.65. The number of likely N-dealkylation sites (tertiary alicyclic amines) is 1. The average molecular weight is 307 g/mol. The van der Waals surface area contributed by atoms with E-state index >= 15 is 0 Å². The van der Waals surface area contributed by atoms with Crippen LogP contribution in [0, 0.1) is 17.7 Å². The number of carboxylic acid groups (broad SMARTS) is 1. The first-order valence-corrected chi connectivity index (χ1v) is 7.65. The van der Waals surface area contributed by atoms with E-state index in [-0.39, 0.29) is 23.6 Å². The van der Waals surface area contributed by atoms with E-state index in [4.69, 9.17) is 0 Å². The summed E-state index contributed by atoms with van der Waals surface area (Å²) in [6, 6.07) is 5.62. The van der Waals surface area contributed by atoms with Gasteiger partial charge in [0.25, 0.3) is 0 Å². The molecule has 1 aromatic carbocycles. The number of benzene rings is 1. The van der Waals surface area contributed by atoms with Crippen LogP contribution in [0.3, 0.4) is 0 Å². The van der Waals surface area contributed by atoms with Crippen LogP contribution in [-0.4, -0.2) is 41.4 Å². The van der Waals surface area contributed by atoms with E-state index in [0.29, 0.717) is 13.1 Å². The fourth-order valence-electron chi connectivity index (χ4n) is 3.30. The Bertz CT molecular complexity index is 548. The van der Waals surface area contributed by atoms with Crippen molar-refractivity contribution in [2.75, 3.05) is 13.1 Å². The highest BCUT2D eigenvalue weighted by atomic mass is 19.1. The van der Waals surface area contributed by atoms with E-state index in [9.17, 15) is 19.1 Å². The van der Waals surface area contributed by atoms with Gasteiger partial charge in [0, 0.05) is 24.9 Å². The van der Waals surface area contributed by atoms with E-state index < -0.39 is 12.0 Å². The topological polar surface area (TPSA) is 57.6 Å². The zero-order valence-electron chi connectivity index (χ0n) is 12.9. The van der Waals surface area contributed by atoms with Gasteiger partial charge in [0.2, 0.25) is 0 Å². The van der Waals surface area contributed by atoms with Gasteiger partial charge in [-0.1, -0.05) is 32.4 Å². The second-order valence-electron chi connectivity index (χ2n) is 6.08. The molecule has 1 N–H and O–H groups in total. The Kier molecular flexibility index (Phi) is 5.29. The van der Waals surface area contributed by atoms with Gasteiger partial charge in [-0.05, 0) is 23.6 Å². The summed E-state index contributed by atoms with van der Waals surface area (Å²) in [5.74, 6) is -1.65. The summed E-state index contributed by atoms with van der Waals surface area (Å²) in [5.41, 5.74) is 0.757. The molecule has 0 aliphatic carbocycles. The molecule has 1 heterocycles. The molecular weight excluding hydrogens is 285 g/mol. The molecule has 1 aliphatic heterocycles.